The van der Waals surface area contributed by atoms with Crippen LogP contribution < -0.4 is 0 Å². The van der Waals surface area contributed by atoms with Crippen molar-refractivity contribution in [3.63, 3.8) is 0 Å². The maximum Gasteiger partial charge on any atom is 0.157 e. The lowest BCUT2D eigenvalue weighted by atomic mass is 9.72. The second-order valence-corrected chi connectivity index (χ2v) is 10.2. The van der Waals surface area contributed by atoms with Crippen molar-refractivity contribution in [2.75, 3.05) is 6.26 Å². The quantitative estimate of drug-likeness (QED) is 0.531. The average molecular weight is 435 g/mol. The molecule has 0 saturated heterocycles. The van der Waals surface area contributed by atoms with Crippen LogP contribution in [0, 0.1) is 0 Å². The molecular formula is C26H26O4S. The molecule has 5 heteroatoms. The fourth-order valence-corrected chi connectivity index (χ4v) is 4.77. The molecule has 3 aromatic carbocycles. The van der Waals surface area contributed by atoms with Crippen LogP contribution in [0.5, 0.6) is 11.5 Å². The number of carbonyl (C=O) groups excluding carboxylic acids is 1. The van der Waals surface area contributed by atoms with Crippen molar-refractivity contribution in [3.05, 3.63) is 77.9 Å². The summed E-state index contributed by atoms with van der Waals surface area (Å²) in [6.45, 7) is 3.89. The average Bonchev–Trinajstić information content (AvgIpc) is 3.57. The highest BCUT2D eigenvalue weighted by Gasteiger charge is 2.55. The molecule has 0 bridgehead atoms. The maximum atomic E-state index is 13.7. The molecule has 31 heavy (non-hydrogen) atoms. The molecule has 0 heterocycles. The zero-order valence-electron chi connectivity index (χ0n) is 17.9. The van der Waals surface area contributed by atoms with Gasteiger partial charge in [-0.3, -0.25) is 9.00 Å². The minimum atomic E-state index is -1.02. The van der Waals surface area contributed by atoms with Crippen molar-refractivity contribution in [2.45, 2.75) is 42.4 Å². The van der Waals surface area contributed by atoms with Gasteiger partial charge in [-0.05, 0) is 73.2 Å². The molecular weight excluding hydrogens is 408 g/mol. The molecule has 3 aromatic rings. The molecule has 1 aliphatic rings. The number of phenols is 2. The van der Waals surface area contributed by atoms with Gasteiger partial charge in [0.1, 0.15) is 0 Å². The van der Waals surface area contributed by atoms with Gasteiger partial charge < -0.3 is 10.2 Å². The van der Waals surface area contributed by atoms with E-state index in [9.17, 15) is 19.2 Å². The van der Waals surface area contributed by atoms with Gasteiger partial charge in [0, 0.05) is 27.4 Å². The van der Waals surface area contributed by atoms with Gasteiger partial charge in [0.05, 0.1) is 5.41 Å². The zero-order valence-corrected chi connectivity index (χ0v) is 18.7. The Morgan fingerprint density at radius 1 is 0.903 bits per heavy atom. The molecule has 1 fully saturated rings. The third kappa shape index (κ3) is 3.79. The van der Waals surface area contributed by atoms with Crippen LogP contribution in [-0.2, 0) is 26.4 Å². The van der Waals surface area contributed by atoms with Crippen LogP contribution in [0.3, 0.4) is 0 Å². The first kappa shape index (κ1) is 21.3. The van der Waals surface area contributed by atoms with E-state index in [1.165, 1.54) is 12.1 Å². The van der Waals surface area contributed by atoms with Crippen LogP contribution in [0.1, 0.15) is 37.8 Å². The highest BCUT2D eigenvalue weighted by atomic mass is 32.2. The highest BCUT2D eigenvalue weighted by molar-refractivity contribution is 7.84. The largest absolute Gasteiger partial charge is 0.504 e. The maximum absolute atomic E-state index is 13.7. The first-order valence-corrected chi connectivity index (χ1v) is 11.8. The number of benzene rings is 3. The molecule has 1 atom stereocenters. The summed E-state index contributed by atoms with van der Waals surface area (Å²) < 4.78 is 11.7. The normalized spacial score (nSPS) is 16.0. The minimum Gasteiger partial charge on any atom is -0.504 e. The van der Waals surface area contributed by atoms with Crippen molar-refractivity contribution in [2.24, 2.45) is 0 Å². The number of Topliss-reactive ketones (excluding diaryl/α,β-unsaturated/α-hetero) is 1. The summed E-state index contributed by atoms with van der Waals surface area (Å²) in [6.07, 6.45) is 3.12. The SMILES string of the molecule is C[S@@](=O)c1ccc(-c2cccc(C(C)(C)C(=O)C3(c4ccc(O)c(O)c4)CC3)c2)cc1. The van der Waals surface area contributed by atoms with E-state index in [1.807, 2.05) is 62.4 Å². The van der Waals surface area contributed by atoms with Gasteiger partial charge in [-0.1, -0.05) is 42.5 Å². The van der Waals surface area contributed by atoms with Gasteiger partial charge in [-0.15, -0.1) is 0 Å². The van der Waals surface area contributed by atoms with Gasteiger partial charge in [0.15, 0.2) is 17.3 Å². The first-order chi connectivity index (χ1) is 14.6. The zero-order chi connectivity index (χ0) is 22.4. The predicted molar refractivity (Wildman–Crippen MR) is 123 cm³/mol. The Morgan fingerprint density at radius 3 is 2.16 bits per heavy atom. The number of phenolic OH excluding ortho intramolecular Hbond substituents is 2. The van der Waals surface area contributed by atoms with E-state index in [2.05, 4.69) is 0 Å². The molecule has 0 aromatic heterocycles. The molecule has 0 spiro atoms. The smallest absolute Gasteiger partial charge is 0.157 e. The van der Waals surface area contributed by atoms with Crippen LogP contribution in [0.25, 0.3) is 11.1 Å². The lowest BCUT2D eigenvalue weighted by molar-refractivity contribution is -0.126. The standard InChI is InChI=1S/C26H26O4S/c1-25(2,24(29)26(13-14-26)20-9-12-22(27)23(28)16-20)19-6-4-5-18(15-19)17-7-10-21(11-8-17)31(3)30/h4-12,15-16,27-28H,13-14H2,1-3H3/t31-/m1/s1. The summed E-state index contributed by atoms with van der Waals surface area (Å²) >= 11 is 0. The van der Waals surface area contributed by atoms with E-state index in [0.717, 1.165) is 40.0 Å². The molecule has 0 radical (unpaired) electrons. The van der Waals surface area contributed by atoms with Crippen molar-refractivity contribution in [1.82, 2.24) is 0 Å². The second-order valence-electron chi connectivity index (χ2n) is 8.80. The molecule has 0 aliphatic heterocycles. The van der Waals surface area contributed by atoms with E-state index < -0.39 is 21.6 Å². The Hall–Kier alpha value is -2.92. The summed E-state index contributed by atoms with van der Waals surface area (Å²) in [4.78, 5) is 14.5. The van der Waals surface area contributed by atoms with E-state index >= 15 is 0 Å². The van der Waals surface area contributed by atoms with E-state index in [1.54, 1.807) is 12.3 Å². The third-order valence-corrected chi connectivity index (χ3v) is 7.32. The summed E-state index contributed by atoms with van der Waals surface area (Å²) in [5.41, 5.74) is 2.32. The van der Waals surface area contributed by atoms with Gasteiger partial charge in [0.25, 0.3) is 0 Å². The number of hydrogen-bond donors (Lipinski definition) is 2. The number of hydrogen-bond acceptors (Lipinski definition) is 4. The molecule has 160 valence electrons. The Bertz CT molecular complexity index is 1170. The number of carbonyl (C=O) groups is 1. The van der Waals surface area contributed by atoms with Gasteiger partial charge in [0.2, 0.25) is 0 Å². The molecule has 2 N–H and O–H groups in total. The Balaban J connectivity index is 1.67. The van der Waals surface area contributed by atoms with E-state index in [4.69, 9.17) is 0 Å². The number of rotatable bonds is 6. The van der Waals surface area contributed by atoms with Crippen LogP contribution in [0.15, 0.2) is 71.6 Å². The van der Waals surface area contributed by atoms with Crippen molar-refractivity contribution >= 4 is 16.6 Å². The molecule has 0 unspecified atom stereocenters. The summed E-state index contributed by atoms with van der Waals surface area (Å²) in [5, 5.41) is 19.6. The van der Waals surface area contributed by atoms with Crippen LogP contribution in [0.4, 0.5) is 0 Å². The van der Waals surface area contributed by atoms with E-state index in [0.29, 0.717) is 0 Å². The Morgan fingerprint density at radius 2 is 1.58 bits per heavy atom. The van der Waals surface area contributed by atoms with Gasteiger partial charge in [-0.25, -0.2) is 0 Å². The highest BCUT2D eigenvalue weighted by Crippen LogP contribution is 2.54. The second kappa shape index (κ2) is 7.65. The van der Waals surface area contributed by atoms with Crippen LogP contribution in [0.2, 0.25) is 0 Å². The molecule has 4 rings (SSSR count). The number of ketones is 1. The summed E-state index contributed by atoms with van der Waals surface area (Å²) in [7, 11) is -1.02. The topological polar surface area (TPSA) is 74.6 Å². The molecule has 4 nitrogen and oxygen atoms in total. The minimum absolute atomic E-state index is 0.110. The molecule has 0 amide bonds. The first-order valence-electron chi connectivity index (χ1n) is 10.3. The predicted octanol–water partition coefficient (Wildman–Crippen LogP) is 5.08. The summed E-state index contributed by atoms with van der Waals surface area (Å²) in [6, 6.07) is 20.3. The molecule has 1 aliphatic carbocycles. The fraction of sp³-hybridized carbons (Fsp3) is 0.269. The van der Waals surface area contributed by atoms with E-state index in [-0.39, 0.29) is 17.3 Å². The van der Waals surface area contributed by atoms with Crippen molar-refractivity contribution in [3.8, 4) is 22.6 Å². The lowest BCUT2D eigenvalue weighted by Gasteiger charge is -2.30. The third-order valence-electron chi connectivity index (χ3n) is 6.38. The van der Waals surface area contributed by atoms with Crippen LogP contribution in [-0.4, -0.2) is 26.5 Å². The van der Waals surface area contributed by atoms with Gasteiger partial charge >= 0.3 is 0 Å². The lowest BCUT2D eigenvalue weighted by Crippen LogP contribution is -2.38. The van der Waals surface area contributed by atoms with Crippen LogP contribution >= 0.6 is 0 Å². The monoisotopic (exact) mass is 434 g/mol. The number of aromatic hydroxyl groups is 2. The van der Waals surface area contributed by atoms with Crippen molar-refractivity contribution in [1.29, 1.82) is 0 Å². The summed E-state index contributed by atoms with van der Waals surface area (Å²) in [5.74, 6) is -0.274. The van der Waals surface area contributed by atoms with Crippen molar-refractivity contribution < 1.29 is 19.2 Å². The fourth-order valence-electron chi connectivity index (χ4n) is 4.25. The van der Waals surface area contributed by atoms with Gasteiger partial charge in [-0.2, -0.15) is 0 Å². The Labute approximate surface area is 185 Å². The Kier molecular flexibility index (Phi) is 5.26. The molecule has 1 saturated carbocycles.